The van der Waals surface area contributed by atoms with Gasteiger partial charge in [-0.2, -0.15) is 0 Å². The van der Waals surface area contributed by atoms with Gasteiger partial charge in [0.25, 0.3) is 0 Å². The topological polar surface area (TPSA) is 20.2 Å². The molecule has 0 saturated carbocycles. The summed E-state index contributed by atoms with van der Waals surface area (Å²) in [7, 11) is 0. The first-order valence-electron chi connectivity index (χ1n) is 5.55. The van der Waals surface area contributed by atoms with Crippen LogP contribution in [-0.4, -0.2) is 5.11 Å². The molecule has 2 rings (SSSR count). The van der Waals surface area contributed by atoms with Crippen LogP contribution in [0.4, 0.5) is 8.78 Å². The van der Waals surface area contributed by atoms with Gasteiger partial charge in [0.2, 0.25) is 0 Å². The molecule has 0 amide bonds. The molecule has 100 valence electrons. The summed E-state index contributed by atoms with van der Waals surface area (Å²) in [5.41, 5.74) is 0.586. The highest BCUT2D eigenvalue weighted by molar-refractivity contribution is 9.10. The lowest BCUT2D eigenvalue weighted by molar-refractivity contribution is 0.173. The van der Waals surface area contributed by atoms with Gasteiger partial charge >= 0.3 is 0 Å². The average molecular weight is 348 g/mol. The van der Waals surface area contributed by atoms with Crippen LogP contribution >= 0.6 is 27.5 Å². The molecule has 0 aliphatic rings. The van der Waals surface area contributed by atoms with Crippen LogP contribution in [0, 0.1) is 11.6 Å². The highest BCUT2D eigenvalue weighted by Gasteiger charge is 2.16. The predicted molar refractivity (Wildman–Crippen MR) is 74.2 cm³/mol. The van der Waals surface area contributed by atoms with Crippen LogP contribution < -0.4 is 0 Å². The zero-order chi connectivity index (χ0) is 14.0. The van der Waals surface area contributed by atoms with Gasteiger partial charge in [0.05, 0.1) is 10.6 Å². The summed E-state index contributed by atoms with van der Waals surface area (Å²) < 4.78 is 27.2. The fourth-order valence-electron chi connectivity index (χ4n) is 1.80. The molecule has 0 aromatic heterocycles. The highest BCUT2D eigenvalue weighted by atomic mass is 79.9. The largest absolute Gasteiger partial charge is 0.388 e. The van der Waals surface area contributed by atoms with Crippen molar-refractivity contribution < 1.29 is 13.9 Å². The summed E-state index contributed by atoms with van der Waals surface area (Å²) in [4.78, 5) is 0. The molecule has 2 aromatic rings. The van der Waals surface area contributed by atoms with E-state index in [1.54, 1.807) is 12.1 Å². The molecule has 5 heteroatoms. The van der Waals surface area contributed by atoms with E-state index in [1.807, 2.05) is 0 Å². The van der Waals surface area contributed by atoms with Crippen LogP contribution in [0.2, 0.25) is 5.02 Å². The van der Waals surface area contributed by atoms with Crippen molar-refractivity contribution in [3.8, 4) is 0 Å². The van der Waals surface area contributed by atoms with Gasteiger partial charge in [0.15, 0.2) is 0 Å². The van der Waals surface area contributed by atoms with E-state index in [4.69, 9.17) is 11.6 Å². The van der Waals surface area contributed by atoms with Gasteiger partial charge in [0, 0.05) is 17.0 Å². The molecular weight excluding hydrogens is 338 g/mol. The van der Waals surface area contributed by atoms with Crippen molar-refractivity contribution >= 4 is 27.5 Å². The Morgan fingerprint density at radius 2 is 1.95 bits per heavy atom. The number of hydrogen-bond acceptors (Lipinski definition) is 1. The fraction of sp³-hybridized carbons (Fsp3) is 0.143. The number of rotatable bonds is 3. The maximum Gasteiger partial charge on any atom is 0.143 e. The molecule has 0 spiro atoms. The van der Waals surface area contributed by atoms with Crippen molar-refractivity contribution in [2.75, 3.05) is 0 Å². The standard InChI is InChI=1S/C14H10BrClF2O/c15-11-3-1-2-10(14(11)18)13(19)7-8-6-9(17)4-5-12(8)16/h1-6,13,19H,7H2. The molecule has 1 nitrogen and oxygen atoms in total. The smallest absolute Gasteiger partial charge is 0.143 e. The van der Waals surface area contributed by atoms with Gasteiger partial charge in [-0.25, -0.2) is 8.78 Å². The third-order valence-corrected chi connectivity index (χ3v) is 3.74. The summed E-state index contributed by atoms with van der Waals surface area (Å²) >= 11 is 8.97. The Labute approximate surface area is 123 Å². The van der Waals surface area contributed by atoms with E-state index in [-0.39, 0.29) is 16.5 Å². The monoisotopic (exact) mass is 346 g/mol. The third kappa shape index (κ3) is 3.32. The van der Waals surface area contributed by atoms with Gasteiger partial charge < -0.3 is 5.11 Å². The van der Waals surface area contributed by atoms with Crippen LogP contribution in [0.25, 0.3) is 0 Å². The van der Waals surface area contributed by atoms with Gasteiger partial charge in [-0.1, -0.05) is 23.7 Å². The second-order valence-corrected chi connectivity index (χ2v) is 5.36. The molecule has 0 radical (unpaired) electrons. The van der Waals surface area contributed by atoms with E-state index in [9.17, 15) is 13.9 Å². The summed E-state index contributed by atoms with van der Waals surface area (Å²) in [6.45, 7) is 0. The lowest BCUT2D eigenvalue weighted by Gasteiger charge is -2.13. The molecule has 0 aliphatic heterocycles. The number of halogens is 4. The minimum Gasteiger partial charge on any atom is -0.388 e. The van der Waals surface area contributed by atoms with E-state index in [1.165, 1.54) is 24.3 Å². The predicted octanol–water partition coefficient (Wildman–Crippen LogP) is 4.66. The second-order valence-electron chi connectivity index (χ2n) is 4.10. The van der Waals surface area contributed by atoms with E-state index < -0.39 is 17.7 Å². The van der Waals surface area contributed by atoms with E-state index in [0.29, 0.717) is 10.6 Å². The van der Waals surface area contributed by atoms with Gasteiger partial charge in [-0.05, 0) is 45.8 Å². The Bertz CT molecular complexity index is 604. The van der Waals surface area contributed by atoms with E-state index in [0.717, 1.165) is 0 Å². The molecule has 0 bridgehead atoms. The molecule has 0 fully saturated rings. The van der Waals surface area contributed by atoms with E-state index >= 15 is 0 Å². The maximum atomic E-state index is 13.8. The molecule has 0 heterocycles. The van der Waals surface area contributed by atoms with Crippen molar-refractivity contribution in [2.24, 2.45) is 0 Å². The van der Waals surface area contributed by atoms with Crippen molar-refractivity contribution in [3.05, 3.63) is 68.7 Å². The Kier molecular flexibility index (Phi) is 4.55. The lowest BCUT2D eigenvalue weighted by atomic mass is 10.0. The molecule has 1 atom stereocenters. The number of aliphatic hydroxyl groups is 1. The fourth-order valence-corrected chi connectivity index (χ4v) is 2.37. The van der Waals surface area contributed by atoms with Gasteiger partial charge in [-0.3, -0.25) is 0 Å². The molecular formula is C14H10BrClF2O. The van der Waals surface area contributed by atoms with Crippen molar-refractivity contribution in [1.82, 2.24) is 0 Å². The first-order chi connectivity index (χ1) is 8.99. The van der Waals surface area contributed by atoms with E-state index in [2.05, 4.69) is 15.9 Å². The Morgan fingerprint density at radius 3 is 2.68 bits per heavy atom. The Balaban J connectivity index is 2.28. The molecule has 0 aliphatic carbocycles. The van der Waals surface area contributed by atoms with Crippen molar-refractivity contribution in [1.29, 1.82) is 0 Å². The van der Waals surface area contributed by atoms with Crippen LogP contribution in [-0.2, 0) is 6.42 Å². The maximum absolute atomic E-state index is 13.8. The Hall–Kier alpha value is -0.970. The number of aliphatic hydroxyl groups excluding tert-OH is 1. The second kappa shape index (κ2) is 5.99. The molecule has 1 N–H and O–H groups in total. The molecule has 2 aromatic carbocycles. The first kappa shape index (κ1) is 14.4. The number of hydrogen-bond donors (Lipinski definition) is 1. The third-order valence-electron chi connectivity index (χ3n) is 2.76. The quantitative estimate of drug-likeness (QED) is 0.856. The summed E-state index contributed by atoms with van der Waals surface area (Å²) in [5, 5.41) is 10.4. The Morgan fingerprint density at radius 1 is 1.21 bits per heavy atom. The number of benzene rings is 2. The lowest BCUT2D eigenvalue weighted by Crippen LogP contribution is -2.05. The van der Waals surface area contributed by atoms with Crippen molar-refractivity contribution in [2.45, 2.75) is 12.5 Å². The minimum atomic E-state index is -1.09. The summed E-state index contributed by atoms with van der Waals surface area (Å²) in [6.07, 6.45) is -1.04. The van der Waals surface area contributed by atoms with Crippen LogP contribution in [0.1, 0.15) is 17.2 Å². The minimum absolute atomic E-state index is 0.0456. The summed E-state index contributed by atoms with van der Waals surface area (Å²) in [6, 6.07) is 8.53. The normalized spacial score (nSPS) is 12.5. The summed E-state index contributed by atoms with van der Waals surface area (Å²) in [5.74, 6) is -0.969. The molecule has 0 saturated heterocycles. The van der Waals surface area contributed by atoms with Gasteiger partial charge in [0.1, 0.15) is 11.6 Å². The first-order valence-corrected chi connectivity index (χ1v) is 6.72. The van der Waals surface area contributed by atoms with Crippen LogP contribution in [0.15, 0.2) is 40.9 Å². The van der Waals surface area contributed by atoms with Crippen molar-refractivity contribution in [3.63, 3.8) is 0 Å². The molecule has 1 unspecified atom stereocenters. The SMILES string of the molecule is OC(Cc1cc(F)ccc1Cl)c1cccc(Br)c1F. The van der Waals surface area contributed by atoms with Crippen LogP contribution in [0.3, 0.4) is 0 Å². The van der Waals surface area contributed by atoms with Crippen LogP contribution in [0.5, 0.6) is 0 Å². The highest BCUT2D eigenvalue weighted by Crippen LogP contribution is 2.28. The zero-order valence-electron chi connectivity index (χ0n) is 9.71. The zero-order valence-corrected chi connectivity index (χ0v) is 12.0. The molecule has 19 heavy (non-hydrogen) atoms. The van der Waals surface area contributed by atoms with Gasteiger partial charge in [-0.15, -0.1) is 0 Å². The average Bonchev–Trinajstić information content (AvgIpc) is 2.37.